The van der Waals surface area contributed by atoms with E-state index in [0.717, 1.165) is 0 Å². The molecule has 0 amide bonds. The summed E-state index contributed by atoms with van der Waals surface area (Å²) in [6.45, 7) is 3.88. The fraction of sp³-hybridized carbons (Fsp3) is 0.714. The highest BCUT2D eigenvalue weighted by atomic mass is 16.7. The summed E-state index contributed by atoms with van der Waals surface area (Å²) in [7, 11) is 0. The number of nitrogens with two attached hydrogens (primary N) is 1. The first-order valence-corrected chi connectivity index (χ1v) is 3.33. The molecule has 58 valence electrons. The van der Waals surface area contributed by atoms with E-state index in [4.69, 9.17) is 15.2 Å². The zero-order valence-corrected chi connectivity index (χ0v) is 6.33. The van der Waals surface area contributed by atoms with E-state index in [-0.39, 0.29) is 11.8 Å². The van der Waals surface area contributed by atoms with Gasteiger partial charge in [0.05, 0.1) is 0 Å². The molecule has 0 saturated heterocycles. The van der Waals surface area contributed by atoms with Crippen molar-refractivity contribution in [3.8, 4) is 0 Å². The molecule has 1 heterocycles. The first-order chi connectivity index (χ1) is 4.58. The Bertz CT molecular complexity index is 129. The molecule has 0 atom stereocenters. The third kappa shape index (κ3) is 2.27. The Kier molecular flexibility index (Phi) is 1.85. The highest BCUT2D eigenvalue weighted by Gasteiger charge is 2.21. The molecular weight excluding hydrogens is 130 g/mol. The van der Waals surface area contributed by atoms with Gasteiger partial charge in [-0.05, 0) is 13.8 Å². The number of rotatable bonds is 2. The van der Waals surface area contributed by atoms with Gasteiger partial charge in [0, 0.05) is 12.0 Å². The average molecular weight is 143 g/mol. The Balaban J connectivity index is 2.26. The summed E-state index contributed by atoms with van der Waals surface area (Å²) < 4.78 is 10.1. The van der Waals surface area contributed by atoms with Gasteiger partial charge >= 0.3 is 0 Å². The minimum atomic E-state index is -0.226. The van der Waals surface area contributed by atoms with Gasteiger partial charge in [0.25, 0.3) is 0 Å². The molecule has 0 aromatic carbocycles. The first kappa shape index (κ1) is 7.41. The molecule has 0 aliphatic carbocycles. The summed E-state index contributed by atoms with van der Waals surface area (Å²) in [6, 6.07) is 0. The van der Waals surface area contributed by atoms with E-state index in [1.165, 1.54) is 12.5 Å². The van der Waals surface area contributed by atoms with Gasteiger partial charge in [0.2, 0.25) is 6.29 Å². The Hall–Kier alpha value is -0.700. The van der Waals surface area contributed by atoms with E-state index >= 15 is 0 Å². The van der Waals surface area contributed by atoms with Crippen LogP contribution in [-0.4, -0.2) is 11.8 Å². The molecule has 0 fully saturated rings. The largest absolute Gasteiger partial charge is 0.459 e. The Morgan fingerprint density at radius 3 is 2.30 bits per heavy atom. The summed E-state index contributed by atoms with van der Waals surface area (Å²) in [4.78, 5) is 0. The number of hydrogen-bond donors (Lipinski definition) is 1. The maximum atomic E-state index is 5.73. The monoisotopic (exact) mass is 143 g/mol. The van der Waals surface area contributed by atoms with Crippen molar-refractivity contribution in [1.29, 1.82) is 0 Å². The van der Waals surface area contributed by atoms with E-state index in [0.29, 0.717) is 6.42 Å². The number of hydrogen-bond acceptors (Lipinski definition) is 3. The topological polar surface area (TPSA) is 44.5 Å². The van der Waals surface area contributed by atoms with E-state index in [1.807, 2.05) is 13.8 Å². The smallest absolute Gasteiger partial charge is 0.241 e. The molecule has 0 spiro atoms. The Morgan fingerprint density at radius 1 is 1.40 bits per heavy atom. The van der Waals surface area contributed by atoms with Gasteiger partial charge in [0.15, 0.2) is 0 Å². The van der Waals surface area contributed by atoms with Crippen LogP contribution in [0.4, 0.5) is 0 Å². The minimum absolute atomic E-state index is 0.181. The first-order valence-electron chi connectivity index (χ1n) is 3.33. The predicted octanol–water partition coefficient (Wildman–Crippen LogP) is 0.958. The zero-order valence-electron chi connectivity index (χ0n) is 6.33. The van der Waals surface area contributed by atoms with Gasteiger partial charge in [-0.1, -0.05) is 0 Å². The van der Waals surface area contributed by atoms with Crippen molar-refractivity contribution < 1.29 is 9.47 Å². The van der Waals surface area contributed by atoms with Crippen LogP contribution < -0.4 is 5.73 Å². The van der Waals surface area contributed by atoms with Crippen molar-refractivity contribution in [2.24, 2.45) is 5.73 Å². The summed E-state index contributed by atoms with van der Waals surface area (Å²) >= 11 is 0. The second-order valence-electron chi connectivity index (χ2n) is 3.17. The van der Waals surface area contributed by atoms with E-state index in [2.05, 4.69) is 0 Å². The Labute approximate surface area is 60.8 Å². The summed E-state index contributed by atoms with van der Waals surface area (Å²) in [5.41, 5.74) is 5.50. The fourth-order valence-corrected chi connectivity index (χ4v) is 0.797. The molecule has 1 aliphatic heterocycles. The second kappa shape index (κ2) is 2.50. The molecule has 0 radical (unpaired) electrons. The van der Waals surface area contributed by atoms with Gasteiger partial charge in [-0.3, -0.25) is 0 Å². The van der Waals surface area contributed by atoms with Crippen LogP contribution in [0.2, 0.25) is 0 Å². The average Bonchev–Trinajstić information content (AvgIpc) is 2.12. The molecule has 1 aliphatic rings. The second-order valence-corrected chi connectivity index (χ2v) is 3.17. The number of ether oxygens (including phenoxy) is 2. The third-order valence-corrected chi connectivity index (χ3v) is 1.21. The molecule has 0 aromatic rings. The van der Waals surface area contributed by atoms with E-state index in [1.54, 1.807) is 0 Å². The van der Waals surface area contributed by atoms with Crippen LogP contribution in [0.1, 0.15) is 20.3 Å². The summed E-state index contributed by atoms with van der Waals surface area (Å²) in [5, 5.41) is 0. The van der Waals surface area contributed by atoms with Crippen LogP contribution in [-0.2, 0) is 9.47 Å². The lowest BCUT2D eigenvalue weighted by molar-refractivity contribution is -0.0394. The lowest BCUT2D eigenvalue weighted by Gasteiger charge is -2.21. The van der Waals surface area contributed by atoms with Crippen LogP contribution in [0.15, 0.2) is 12.5 Å². The van der Waals surface area contributed by atoms with Gasteiger partial charge in [-0.2, -0.15) is 0 Å². The molecule has 0 aromatic heterocycles. The zero-order chi connectivity index (χ0) is 7.61. The van der Waals surface area contributed by atoms with Crippen LogP contribution in [0, 0.1) is 0 Å². The maximum Gasteiger partial charge on any atom is 0.241 e. The summed E-state index contributed by atoms with van der Waals surface area (Å²) in [5.74, 6) is 0. The van der Waals surface area contributed by atoms with Gasteiger partial charge in [-0.25, -0.2) is 0 Å². The predicted molar refractivity (Wildman–Crippen MR) is 38.0 cm³/mol. The quantitative estimate of drug-likeness (QED) is 0.626. The van der Waals surface area contributed by atoms with Crippen molar-refractivity contribution in [3.63, 3.8) is 0 Å². The highest BCUT2D eigenvalue weighted by molar-refractivity contribution is 4.79. The van der Waals surface area contributed by atoms with Crippen molar-refractivity contribution >= 4 is 0 Å². The van der Waals surface area contributed by atoms with E-state index < -0.39 is 0 Å². The molecule has 1 rings (SSSR count). The molecule has 0 bridgehead atoms. The fourth-order valence-electron chi connectivity index (χ4n) is 0.797. The Morgan fingerprint density at radius 2 is 1.90 bits per heavy atom. The highest BCUT2D eigenvalue weighted by Crippen LogP contribution is 2.15. The molecule has 3 nitrogen and oxygen atoms in total. The van der Waals surface area contributed by atoms with Crippen LogP contribution in [0.25, 0.3) is 0 Å². The van der Waals surface area contributed by atoms with Crippen molar-refractivity contribution in [1.82, 2.24) is 0 Å². The molecule has 0 unspecified atom stereocenters. The van der Waals surface area contributed by atoms with Gasteiger partial charge in [0.1, 0.15) is 12.5 Å². The van der Waals surface area contributed by atoms with Crippen molar-refractivity contribution in [3.05, 3.63) is 12.5 Å². The molecule has 2 N–H and O–H groups in total. The van der Waals surface area contributed by atoms with E-state index in [9.17, 15) is 0 Å². The maximum absolute atomic E-state index is 5.73. The standard InChI is InChI=1S/C7H13NO2/c1-7(2,8)5-6-9-3-4-10-6/h3-4,6H,5,8H2,1-2H3. The van der Waals surface area contributed by atoms with Crippen molar-refractivity contribution in [2.75, 3.05) is 0 Å². The molecular formula is C7H13NO2. The van der Waals surface area contributed by atoms with Crippen molar-refractivity contribution in [2.45, 2.75) is 32.1 Å². The van der Waals surface area contributed by atoms with Crippen LogP contribution in [0.3, 0.4) is 0 Å². The van der Waals surface area contributed by atoms with Crippen LogP contribution >= 0.6 is 0 Å². The normalized spacial score (nSPS) is 18.7. The lowest BCUT2D eigenvalue weighted by Crippen LogP contribution is -2.36. The van der Waals surface area contributed by atoms with Gasteiger partial charge < -0.3 is 15.2 Å². The third-order valence-electron chi connectivity index (χ3n) is 1.21. The molecule has 3 heteroatoms. The minimum Gasteiger partial charge on any atom is -0.459 e. The van der Waals surface area contributed by atoms with Crippen LogP contribution in [0.5, 0.6) is 0 Å². The lowest BCUT2D eigenvalue weighted by atomic mass is 10.0. The SMILES string of the molecule is CC(C)(N)CC1OC=CO1. The molecule has 10 heavy (non-hydrogen) atoms. The summed E-state index contributed by atoms with van der Waals surface area (Å²) in [6.07, 6.45) is 3.60. The molecule has 0 saturated carbocycles. The van der Waals surface area contributed by atoms with Gasteiger partial charge in [-0.15, -0.1) is 0 Å².